The first-order valence-corrected chi connectivity index (χ1v) is 9.44. The van der Waals surface area contributed by atoms with Crippen LogP contribution in [0.3, 0.4) is 0 Å². The van der Waals surface area contributed by atoms with E-state index in [1.54, 1.807) is 0 Å². The van der Waals surface area contributed by atoms with Gasteiger partial charge in [0.1, 0.15) is 10.0 Å². The Bertz CT molecular complexity index is 853. The first-order chi connectivity index (χ1) is 12.4. The highest BCUT2D eigenvalue weighted by atomic mass is 35.5. The summed E-state index contributed by atoms with van der Waals surface area (Å²) in [4.78, 5) is 25.0. The van der Waals surface area contributed by atoms with Crippen LogP contribution in [0.4, 0.5) is 0 Å². The first kappa shape index (κ1) is 22.4. The number of halogens is 6. The number of rotatable bonds is 4. The van der Waals surface area contributed by atoms with Crippen LogP contribution in [-0.2, 0) is 9.59 Å². The lowest BCUT2D eigenvalue weighted by molar-refractivity contribution is -0.158. The van der Waals surface area contributed by atoms with Gasteiger partial charge < -0.3 is 9.47 Å². The van der Waals surface area contributed by atoms with Crippen molar-refractivity contribution in [2.75, 3.05) is 0 Å². The van der Waals surface area contributed by atoms with Crippen molar-refractivity contribution in [2.45, 2.75) is 13.8 Å². The highest BCUT2D eigenvalue weighted by molar-refractivity contribution is 6.45. The number of hydrogen-bond acceptors (Lipinski definition) is 4. The number of ether oxygens (including phenoxy) is 2. The highest BCUT2D eigenvalue weighted by Gasteiger charge is 2.41. The molecule has 2 aromatic carbocycles. The van der Waals surface area contributed by atoms with Gasteiger partial charge in [-0.3, -0.25) is 9.59 Å². The molecule has 0 amide bonds. The van der Waals surface area contributed by atoms with Crippen molar-refractivity contribution < 1.29 is 19.1 Å². The first-order valence-electron chi connectivity index (χ1n) is 7.17. The van der Waals surface area contributed by atoms with E-state index in [9.17, 15) is 9.59 Å². The number of esters is 2. The maximum Gasteiger partial charge on any atom is 0.328 e. The second-order valence-electron chi connectivity index (χ2n) is 5.80. The van der Waals surface area contributed by atoms with Gasteiger partial charge in [-0.25, -0.2) is 0 Å². The topological polar surface area (TPSA) is 52.6 Å². The SMILES string of the molecule is CC(C)(C(=O)Oc1cc(Cl)cc(Cl)c1Cl)C(=O)Oc1cc(Cl)cc(Cl)c1Cl. The molecule has 0 aromatic heterocycles. The number of carbonyl (C=O) groups is 2. The minimum atomic E-state index is -1.73. The molecule has 0 atom stereocenters. The molecule has 0 spiro atoms. The Hall–Kier alpha value is -0.880. The molecule has 0 unspecified atom stereocenters. The van der Waals surface area contributed by atoms with Crippen LogP contribution < -0.4 is 9.47 Å². The summed E-state index contributed by atoms with van der Waals surface area (Å²) in [5.74, 6) is -2.08. The van der Waals surface area contributed by atoms with Crippen LogP contribution in [0.1, 0.15) is 13.8 Å². The molecule has 144 valence electrons. The highest BCUT2D eigenvalue weighted by Crippen LogP contribution is 2.38. The Morgan fingerprint density at radius 2 is 1.04 bits per heavy atom. The summed E-state index contributed by atoms with van der Waals surface area (Å²) < 4.78 is 10.4. The van der Waals surface area contributed by atoms with Gasteiger partial charge in [0.15, 0.2) is 16.9 Å². The van der Waals surface area contributed by atoms with Crippen molar-refractivity contribution in [2.24, 2.45) is 5.41 Å². The summed E-state index contributed by atoms with van der Waals surface area (Å²) in [5.41, 5.74) is -1.73. The van der Waals surface area contributed by atoms with Crippen LogP contribution in [0.15, 0.2) is 24.3 Å². The van der Waals surface area contributed by atoms with Crippen LogP contribution in [0.25, 0.3) is 0 Å². The molecule has 0 aliphatic rings. The zero-order valence-corrected chi connectivity index (χ0v) is 18.2. The van der Waals surface area contributed by atoms with Crippen molar-refractivity contribution in [3.63, 3.8) is 0 Å². The van der Waals surface area contributed by atoms with E-state index in [-0.39, 0.29) is 41.6 Å². The standard InChI is InChI=1S/C17H10Cl6O4/c1-17(2,15(24)26-11-5-7(18)3-9(20)13(11)22)16(25)27-12-6-8(19)4-10(21)14(12)23/h3-6H,1-2H3. The lowest BCUT2D eigenvalue weighted by atomic mass is 9.94. The average Bonchev–Trinajstić information content (AvgIpc) is 2.56. The molecule has 2 aromatic rings. The van der Waals surface area contributed by atoms with E-state index >= 15 is 0 Å². The molecule has 10 heteroatoms. The van der Waals surface area contributed by atoms with E-state index < -0.39 is 17.4 Å². The Labute approximate surface area is 185 Å². The molecule has 0 N–H and O–H groups in total. The molecule has 0 bridgehead atoms. The van der Waals surface area contributed by atoms with Gasteiger partial charge in [-0.15, -0.1) is 0 Å². The normalized spacial score (nSPS) is 11.3. The van der Waals surface area contributed by atoms with Gasteiger partial charge in [-0.05, 0) is 26.0 Å². The smallest absolute Gasteiger partial charge is 0.328 e. The monoisotopic (exact) mass is 488 g/mol. The van der Waals surface area contributed by atoms with Crippen molar-refractivity contribution in [3.05, 3.63) is 54.4 Å². The maximum atomic E-state index is 12.5. The second-order valence-corrected chi connectivity index (χ2v) is 8.25. The Balaban J connectivity index is 2.25. The summed E-state index contributed by atoms with van der Waals surface area (Å²) in [6.45, 7) is 2.61. The van der Waals surface area contributed by atoms with Crippen molar-refractivity contribution >= 4 is 81.5 Å². The largest absolute Gasteiger partial charge is 0.424 e. The third kappa shape index (κ3) is 5.14. The Kier molecular flexibility index (Phi) is 7.17. The fourth-order valence-corrected chi connectivity index (χ4v) is 3.00. The van der Waals surface area contributed by atoms with E-state index in [0.29, 0.717) is 0 Å². The molecule has 0 aliphatic heterocycles. The predicted molar refractivity (Wildman–Crippen MR) is 108 cm³/mol. The van der Waals surface area contributed by atoms with E-state index in [0.717, 1.165) is 0 Å². The average molecular weight is 491 g/mol. The third-order valence-electron chi connectivity index (χ3n) is 3.35. The quantitative estimate of drug-likeness (QED) is 0.198. The fraction of sp³-hybridized carbons (Fsp3) is 0.176. The molecule has 4 nitrogen and oxygen atoms in total. The summed E-state index contributed by atoms with van der Waals surface area (Å²) >= 11 is 35.5. The van der Waals surface area contributed by atoms with Gasteiger partial charge in [0.2, 0.25) is 0 Å². The maximum absolute atomic E-state index is 12.5. The third-order valence-corrected chi connectivity index (χ3v) is 5.35. The van der Waals surface area contributed by atoms with Gasteiger partial charge in [0.25, 0.3) is 0 Å². The van der Waals surface area contributed by atoms with Crippen molar-refractivity contribution in [1.82, 2.24) is 0 Å². The molecule has 0 saturated carbocycles. The summed E-state index contributed by atoms with van der Waals surface area (Å²) in [6, 6.07) is 5.35. The molecule has 2 rings (SSSR count). The fourth-order valence-electron chi connectivity index (χ4n) is 1.75. The van der Waals surface area contributed by atoms with Crippen LogP contribution in [0.5, 0.6) is 11.5 Å². The van der Waals surface area contributed by atoms with Gasteiger partial charge in [-0.2, -0.15) is 0 Å². The van der Waals surface area contributed by atoms with Crippen LogP contribution in [-0.4, -0.2) is 11.9 Å². The van der Waals surface area contributed by atoms with Crippen molar-refractivity contribution in [1.29, 1.82) is 0 Å². The molecular weight excluding hydrogens is 481 g/mol. The minimum Gasteiger partial charge on any atom is -0.424 e. The summed E-state index contributed by atoms with van der Waals surface area (Å²) in [5, 5.41) is 0.535. The molecule has 0 fully saturated rings. The number of carbonyl (C=O) groups excluding carboxylic acids is 2. The number of hydrogen-bond donors (Lipinski definition) is 0. The van der Waals surface area contributed by atoms with Crippen LogP contribution >= 0.6 is 69.6 Å². The van der Waals surface area contributed by atoms with Crippen LogP contribution in [0.2, 0.25) is 30.1 Å². The summed E-state index contributed by atoms with van der Waals surface area (Å²) in [7, 11) is 0. The Morgan fingerprint density at radius 1 is 0.704 bits per heavy atom. The van der Waals surface area contributed by atoms with E-state index in [4.69, 9.17) is 79.1 Å². The zero-order valence-electron chi connectivity index (χ0n) is 13.7. The molecular formula is C17H10Cl6O4. The summed E-state index contributed by atoms with van der Waals surface area (Å²) in [6.07, 6.45) is 0. The lowest BCUT2D eigenvalue weighted by Gasteiger charge is -2.21. The van der Waals surface area contributed by atoms with E-state index in [1.165, 1.54) is 38.1 Å². The van der Waals surface area contributed by atoms with Gasteiger partial charge in [-0.1, -0.05) is 69.6 Å². The number of benzene rings is 2. The van der Waals surface area contributed by atoms with Gasteiger partial charge >= 0.3 is 11.9 Å². The zero-order chi connectivity index (χ0) is 20.5. The predicted octanol–water partition coefficient (Wildman–Crippen LogP) is 7.14. The van der Waals surface area contributed by atoms with Crippen LogP contribution in [0, 0.1) is 5.41 Å². The van der Waals surface area contributed by atoms with Gasteiger partial charge in [0.05, 0.1) is 10.0 Å². The minimum absolute atomic E-state index is 0.0248. The molecule has 27 heavy (non-hydrogen) atoms. The molecule has 0 heterocycles. The molecule has 0 radical (unpaired) electrons. The van der Waals surface area contributed by atoms with Gasteiger partial charge in [0, 0.05) is 22.2 Å². The molecule has 0 aliphatic carbocycles. The van der Waals surface area contributed by atoms with Crippen molar-refractivity contribution in [3.8, 4) is 11.5 Å². The lowest BCUT2D eigenvalue weighted by Crippen LogP contribution is -2.39. The van der Waals surface area contributed by atoms with E-state index in [2.05, 4.69) is 0 Å². The molecule has 0 saturated heterocycles. The van der Waals surface area contributed by atoms with E-state index in [1.807, 2.05) is 0 Å². The second kappa shape index (κ2) is 8.64. The Morgan fingerprint density at radius 3 is 1.37 bits per heavy atom.